The van der Waals surface area contributed by atoms with Gasteiger partial charge in [-0.3, -0.25) is 9.10 Å². The van der Waals surface area contributed by atoms with Crippen molar-refractivity contribution in [3.8, 4) is 0 Å². The number of carbonyl (C=O) groups is 1. The van der Waals surface area contributed by atoms with Gasteiger partial charge in [-0.05, 0) is 17.7 Å². The molecule has 1 rings (SSSR count). The van der Waals surface area contributed by atoms with Crippen molar-refractivity contribution in [2.24, 2.45) is 0 Å². The fourth-order valence-corrected chi connectivity index (χ4v) is 2.29. The Morgan fingerprint density at radius 1 is 1.37 bits per heavy atom. The van der Waals surface area contributed by atoms with Gasteiger partial charge in [-0.1, -0.05) is 26.0 Å². The normalized spacial score (nSPS) is 12.2. The molecule has 0 radical (unpaired) electrons. The number of anilines is 1. The summed E-state index contributed by atoms with van der Waals surface area (Å²) >= 11 is 0. The summed E-state index contributed by atoms with van der Waals surface area (Å²) in [5.41, 5.74) is 0.765. The van der Waals surface area contributed by atoms with Crippen LogP contribution in [0.2, 0.25) is 0 Å². The van der Waals surface area contributed by atoms with Crippen LogP contribution in [0.15, 0.2) is 24.3 Å². The van der Waals surface area contributed by atoms with Crippen LogP contribution >= 0.6 is 0 Å². The maximum atomic E-state index is 11.5. The van der Waals surface area contributed by atoms with Crippen molar-refractivity contribution in [1.29, 1.82) is 0 Å². The average Bonchev–Trinajstić information content (AvgIpc) is 2.25. The molecule has 0 heterocycles. The Balaban J connectivity index is 3.17. The molecule has 0 fully saturated rings. The number of carboxylic acids is 1. The summed E-state index contributed by atoms with van der Waals surface area (Å²) in [6.45, 7) is 3.64. The number of aliphatic carboxylic acids is 1. The first-order chi connectivity index (χ1) is 8.54. The minimum absolute atomic E-state index is 0.0148. The molecule has 0 unspecified atom stereocenters. The number of sulfonamides is 1. The van der Waals surface area contributed by atoms with Gasteiger partial charge < -0.3 is 5.11 Å². The van der Waals surface area contributed by atoms with Gasteiger partial charge in [0, 0.05) is 12.5 Å². The summed E-state index contributed by atoms with van der Waals surface area (Å²) < 4.78 is 24.2. The van der Waals surface area contributed by atoms with E-state index in [2.05, 4.69) is 0 Å². The van der Waals surface area contributed by atoms with E-state index in [4.69, 9.17) is 5.11 Å². The van der Waals surface area contributed by atoms with Crippen LogP contribution in [0.5, 0.6) is 0 Å². The van der Waals surface area contributed by atoms with Gasteiger partial charge in [0.1, 0.15) is 0 Å². The van der Waals surface area contributed by atoms with E-state index in [1.165, 1.54) is 11.4 Å². The van der Waals surface area contributed by atoms with E-state index in [1.807, 2.05) is 19.9 Å². The number of hydrogen-bond donors (Lipinski definition) is 1. The monoisotopic (exact) mass is 285 g/mol. The number of hydrogen-bond acceptors (Lipinski definition) is 3. The van der Waals surface area contributed by atoms with Gasteiger partial charge in [-0.25, -0.2) is 8.42 Å². The van der Waals surface area contributed by atoms with Crippen LogP contribution in [0.4, 0.5) is 5.69 Å². The van der Waals surface area contributed by atoms with Crippen molar-refractivity contribution in [2.45, 2.75) is 25.7 Å². The van der Waals surface area contributed by atoms with Crippen molar-refractivity contribution in [1.82, 2.24) is 0 Å². The molecular formula is C13H19NO4S. The van der Waals surface area contributed by atoms with Crippen LogP contribution in [0.25, 0.3) is 0 Å². The van der Waals surface area contributed by atoms with Crippen molar-refractivity contribution < 1.29 is 18.3 Å². The second kappa shape index (κ2) is 5.21. The lowest BCUT2D eigenvalue weighted by atomic mass is 9.81. The van der Waals surface area contributed by atoms with E-state index >= 15 is 0 Å². The van der Waals surface area contributed by atoms with Gasteiger partial charge in [-0.2, -0.15) is 0 Å². The maximum Gasteiger partial charge on any atom is 0.304 e. The fourth-order valence-electron chi connectivity index (χ4n) is 1.79. The predicted octanol–water partition coefficient (Wildman–Crippen LogP) is 1.83. The van der Waals surface area contributed by atoms with Crippen LogP contribution in [-0.4, -0.2) is 32.8 Å². The molecule has 1 N–H and O–H groups in total. The standard InChI is InChI=1S/C13H19NO4S/c1-13(2,9-12(15)16)10-6-5-7-11(8-10)14(3)19(4,17)18/h5-8H,9H2,1-4H3,(H,15,16). The predicted molar refractivity (Wildman–Crippen MR) is 75.0 cm³/mol. The summed E-state index contributed by atoms with van der Waals surface area (Å²) in [5, 5.41) is 8.91. The Morgan fingerprint density at radius 3 is 2.42 bits per heavy atom. The summed E-state index contributed by atoms with van der Waals surface area (Å²) in [7, 11) is -1.85. The first-order valence-corrected chi connectivity index (χ1v) is 7.65. The van der Waals surface area contributed by atoms with Crippen LogP contribution in [0.1, 0.15) is 25.8 Å². The summed E-state index contributed by atoms with van der Waals surface area (Å²) in [5.74, 6) is -0.883. The third-order valence-electron chi connectivity index (χ3n) is 3.08. The highest BCUT2D eigenvalue weighted by Crippen LogP contribution is 2.30. The SMILES string of the molecule is CN(c1cccc(C(C)(C)CC(=O)O)c1)S(C)(=O)=O. The Hall–Kier alpha value is -1.56. The molecule has 0 aromatic heterocycles. The highest BCUT2D eigenvalue weighted by Gasteiger charge is 2.25. The molecule has 0 spiro atoms. The van der Waals surface area contributed by atoms with Crippen molar-refractivity contribution in [3.63, 3.8) is 0 Å². The van der Waals surface area contributed by atoms with Crippen LogP contribution < -0.4 is 4.31 Å². The summed E-state index contributed by atoms with van der Waals surface area (Å²) in [6.07, 6.45) is 1.11. The maximum absolute atomic E-state index is 11.5. The van der Waals surface area contributed by atoms with E-state index in [0.717, 1.165) is 11.8 Å². The van der Waals surface area contributed by atoms with E-state index in [0.29, 0.717) is 5.69 Å². The first kappa shape index (κ1) is 15.5. The van der Waals surface area contributed by atoms with E-state index in [1.54, 1.807) is 18.2 Å². The van der Waals surface area contributed by atoms with Crippen LogP contribution in [-0.2, 0) is 20.2 Å². The molecule has 0 aliphatic rings. The zero-order valence-electron chi connectivity index (χ0n) is 11.5. The van der Waals surface area contributed by atoms with Crippen LogP contribution in [0.3, 0.4) is 0 Å². The molecule has 0 atom stereocenters. The molecule has 6 heteroatoms. The highest BCUT2D eigenvalue weighted by atomic mass is 32.2. The van der Waals surface area contributed by atoms with Crippen molar-refractivity contribution >= 4 is 21.7 Å². The zero-order valence-corrected chi connectivity index (χ0v) is 12.4. The second-order valence-corrected chi connectivity index (χ2v) is 7.25. The zero-order chi connectivity index (χ0) is 14.8. The molecular weight excluding hydrogens is 266 g/mol. The Kier molecular flexibility index (Phi) is 4.25. The molecule has 106 valence electrons. The first-order valence-electron chi connectivity index (χ1n) is 5.80. The van der Waals surface area contributed by atoms with E-state index in [-0.39, 0.29) is 6.42 Å². The molecule has 0 bridgehead atoms. The number of carboxylic acid groups (broad SMARTS) is 1. The quantitative estimate of drug-likeness (QED) is 0.895. The topological polar surface area (TPSA) is 74.7 Å². The lowest BCUT2D eigenvalue weighted by molar-refractivity contribution is -0.138. The lowest BCUT2D eigenvalue weighted by Crippen LogP contribution is -2.26. The Bertz CT molecular complexity index is 578. The Morgan fingerprint density at radius 2 is 1.95 bits per heavy atom. The molecule has 5 nitrogen and oxygen atoms in total. The van der Waals surface area contributed by atoms with Gasteiger partial charge in [0.25, 0.3) is 0 Å². The summed E-state index contributed by atoms with van der Waals surface area (Å²) in [4.78, 5) is 10.9. The molecule has 0 amide bonds. The molecule has 0 aliphatic heterocycles. The molecule has 0 saturated heterocycles. The van der Waals surface area contributed by atoms with E-state index < -0.39 is 21.4 Å². The Labute approximate surface area is 113 Å². The third-order valence-corrected chi connectivity index (χ3v) is 4.29. The number of rotatable bonds is 5. The van der Waals surface area contributed by atoms with Gasteiger partial charge in [0.2, 0.25) is 10.0 Å². The van der Waals surface area contributed by atoms with Crippen molar-refractivity contribution in [2.75, 3.05) is 17.6 Å². The molecule has 0 saturated carbocycles. The lowest BCUT2D eigenvalue weighted by Gasteiger charge is -2.25. The van der Waals surface area contributed by atoms with Gasteiger partial charge >= 0.3 is 5.97 Å². The van der Waals surface area contributed by atoms with Gasteiger partial charge in [-0.15, -0.1) is 0 Å². The van der Waals surface area contributed by atoms with Crippen molar-refractivity contribution in [3.05, 3.63) is 29.8 Å². The minimum Gasteiger partial charge on any atom is -0.481 e. The van der Waals surface area contributed by atoms with Crippen LogP contribution in [0, 0.1) is 0 Å². The summed E-state index contributed by atoms with van der Waals surface area (Å²) in [6, 6.07) is 6.93. The number of benzene rings is 1. The van der Waals surface area contributed by atoms with Gasteiger partial charge in [0.15, 0.2) is 0 Å². The molecule has 1 aromatic rings. The fraction of sp³-hybridized carbons (Fsp3) is 0.462. The minimum atomic E-state index is -3.32. The third kappa shape index (κ3) is 3.96. The number of nitrogens with zero attached hydrogens (tertiary/aromatic N) is 1. The van der Waals surface area contributed by atoms with E-state index in [9.17, 15) is 13.2 Å². The smallest absolute Gasteiger partial charge is 0.304 e. The second-order valence-electron chi connectivity index (χ2n) is 5.24. The van der Waals surface area contributed by atoms with Gasteiger partial charge in [0.05, 0.1) is 18.4 Å². The molecule has 0 aliphatic carbocycles. The highest BCUT2D eigenvalue weighted by molar-refractivity contribution is 7.92. The molecule has 1 aromatic carbocycles. The largest absolute Gasteiger partial charge is 0.481 e. The molecule has 19 heavy (non-hydrogen) atoms. The average molecular weight is 285 g/mol.